The van der Waals surface area contributed by atoms with Crippen molar-refractivity contribution in [3.05, 3.63) is 75.4 Å². The van der Waals surface area contributed by atoms with Crippen molar-refractivity contribution in [1.29, 1.82) is 0 Å². The lowest BCUT2D eigenvalue weighted by Crippen LogP contribution is -2.12. The first-order chi connectivity index (χ1) is 13.5. The Balaban J connectivity index is 2.02. The fourth-order valence-electron chi connectivity index (χ4n) is 2.51. The molecule has 3 rings (SSSR count). The average molecular weight is 416 g/mol. The van der Waals surface area contributed by atoms with Gasteiger partial charge in [0.1, 0.15) is 22.1 Å². The molecular weight excluding hydrogens is 398 g/mol. The predicted molar refractivity (Wildman–Crippen MR) is 113 cm³/mol. The minimum atomic E-state index is -0.616. The van der Waals surface area contributed by atoms with E-state index in [1.54, 1.807) is 44.4 Å². The lowest BCUT2D eigenvalue weighted by Gasteiger charge is -2.03. The van der Waals surface area contributed by atoms with Gasteiger partial charge in [-0.15, -0.1) is 0 Å². The number of benzene rings is 2. The molecule has 0 saturated carbocycles. The van der Waals surface area contributed by atoms with Crippen LogP contribution in [0.4, 0.5) is 5.69 Å². The number of halogens is 1. The second kappa shape index (κ2) is 8.99. The highest BCUT2D eigenvalue weighted by Crippen LogP contribution is 2.40. The first-order valence-corrected chi connectivity index (χ1v) is 9.70. The highest BCUT2D eigenvalue weighted by molar-refractivity contribution is 8.18. The molecule has 7 heteroatoms. The van der Waals surface area contributed by atoms with Crippen LogP contribution in [0.25, 0.3) is 6.08 Å². The van der Waals surface area contributed by atoms with E-state index in [1.165, 1.54) is 11.8 Å². The molecule has 1 aliphatic heterocycles. The maximum atomic E-state index is 12.4. The van der Waals surface area contributed by atoms with Crippen molar-refractivity contribution in [2.75, 3.05) is 13.7 Å². The number of esters is 1. The smallest absolute Gasteiger partial charge is 0.344 e. The number of carbonyl (C=O) groups is 1. The van der Waals surface area contributed by atoms with Gasteiger partial charge in [0.15, 0.2) is 0 Å². The molecule has 0 amide bonds. The molecule has 0 aliphatic carbocycles. The molecular formula is C21H18ClNO4S. The van der Waals surface area contributed by atoms with Crippen LogP contribution in [0.1, 0.15) is 12.5 Å². The van der Waals surface area contributed by atoms with Gasteiger partial charge in [0.2, 0.25) is 0 Å². The Morgan fingerprint density at radius 1 is 1.25 bits per heavy atom. The minimum Gasteiger partial charge on any atom is -0.506 e. The molecule has 144 valence electrons. The zero-order valence-electron chi connectivity index (χ0n) is 15.3. The van der Waals surface area contributed by atoms with Gasteiger partial charge in [-0.05, 0) is 55.0 Å². The minimum absolute atomic E-state index is 0.0518. The van der Waals surface area contributed by atoms with Gasteiger partial charge in [-0.1, -0.05) is 35.5 Å². The third kappa shape index (κ3) is 4.58. The number of hydrogen-bond acceptors (Lipinski definition) is 6. The number of nitrogens with zero attached hydrogens (tertiary/aromatic N) is 1. The molecule has 0 bridgehead atoms. The van der Waals surface area contributed by atoms with Gasteiger partial charge in [-0.3, -0.25) is 0 Å². The Morgan fingerprint density at radius 2 is 2.00 bits per heavy atom. The van der Waals surface area contributed by atoms with Gasteiger partial charge in [0.05, 0.1) is 24.3 Å². The molecule has 2 aromatic rings. The molecule has 0 atom stereocenters. The second-order valence-corrected chi connectivity index (χ2v) is 7.19. The number of carbonyl (C=O) groups excluding carboxylic acids is 1. The standard InChI is InChI=1S/C21H18ClNO4S/c1-3-27-21(25)18-19(24)17(12-13-5-4-6-16(11-13)26-2)28-20(18)23-15-9-7-14(22)8-10-15/h4-12,24H,3H2,1-2H3/b17-12+,23-20?. The number of thioether (sulfide) groups is 1. The van der Waals surface area contributed by atoms with E-state index in [4.69, 9.17) is 21.1 Å². The summed E-state index contributed by atoms with van der Waals surface area (Å²) in [6.07, 6.45) is 1.77. The summed E-state index contributed by atoms with van der Waals surface area (Å²) in [5.74, 6) is -0.0743. The van der Waals surface area contributed by atoms with E-state index in [1.807, 2.05) is 24.3 Å². The summed E-state index contributed by atoms with van der Waals surface area (Å²) < 4.78 is 10.3. The number of rotatable bonds is 5. The van der Waals surface area contributed by atoms with E-state index >= 15 is 0 Å². The fourth-order valence-corrected chi connectivity index (χ4v) is 3.67. The summed E-state index contributed by atoms with van der Waals surface area (Å²) in [6, 6.07) is 14.3. The molecule has 0 radical (unpaired) electrons. The molecule has 0 spiro atoms. The van der Waals surface area contributed by atoms with E-state index < -0.39 is 5.97 Å². The number of aliphatic hydroxyl groups is 1. The van der Waals surface area contributed by atoms with Crippen LogP contribution in [0.3, 0.4) is 0 Å². The zero-order valence-corrected chi connectivity index (χ0v) is 16.9. The quantitative estimate of drug-likeness (QED) is 0.649. The summed E-state index contributed by atoms with van der Waals surface area (Å²) in [6.45, 7) is 1.91. The predicted octanol–water partition coefficient (Wildman–Crippen LogP) is 5.54. The monoisotopic (exact) mass is 415 g/mol. The Bertz CT molecular complexity index is 980. The van der Waals surface area contributed by atoms with Crippen molar-refractivity contribution < 1.29 is 19.4 Å². The molecule has 1 heterocycles. The van der Waals surface area contributed by atoms with Gasteiger partial charge < -0.3 is 14.6 Å². The van der Waals surface area contributed by atoms with Crippen LogP contribution in [0, 0.1) is 0 Å². The first-order valence-electron chi connectivity index (χ1n) is 8.50. The molecule has 0 fully saturated rings. The highest BCUT2D eigenvalue weighted by Gasteiger charge is 2.33. The van der Waals surface area contributed by atoms with Crippen LogP contribution in [0.15, 0.2) is 69.8 Å². The van der Waals surface area contributed by atoms with Crippen molar-refractivity contribution in [3.8, 4) is 5.75 Å². The van der Waals surface area contributed by atoms with Crippen molar-refractivity contribution in [2.24, 2.45) is 4.99 Å². The maximum absolute atomic E-state index is 12.4. The van der Waals surface area contributed by atoms with E-state index in [0.29, 0.717) is 26.4 Å². The van der Waals surface area contributed by atoms with Crippen LogP contribution in [0.5, 0.6) is 5.75 Å². The van der Waals surface area contributed by atoms with Crippen molar-refractivity contribution in [2.45, 2.75) is 6.92 Å². The molecule has 0 unspecified atom stereocenters. The van der Waals surface area contributed by atoms with Crippen molar-refractivity contribution in [3.63, 3.8) is 0 Å². The molecule has 2 aromatic carbocycles. The van der Waals surface area contributed by atoms with Crippen LogP contribution in [0.2, 0.25) is 5.02 Å². The summed E-state index contributed by atoms with van der Waals surface area (Å²) in [7, 11) is 1.59. The number of ether oxygens (including phenoxy) is 2. The molecule has 0 saturated heterocycles. The van der Waals surface area contributed by atoms with Crippen LogP contribution in [-0.4, -0.2) is 29.8 Å². The summed E-state index contributed by atoms with van der Waals surface area (Å²) in [5.41, 5.74) is 1.49. The maximum Gasteiger partial charge on any atom is 0.344 e. The van der Waals surface area contributed by atoms with E-state index in [0.717, 1.165) is 5.56 Å². The molecule has 28 heavy (non-hydrogen) atoms. The number of hydrogen-bond donors (Lipinski definition) is 1. The van der Waals surface area contributed by atoms with Crippen LogP contribution in [-0.2, 0) is 9.53 Å². The third-order valence-corrected chi connectivity index (χ3v) is 5.09. The van der Waals surface area contributed by atoms with Gasteiger partial charge in [0, 0.05) is 5.02 Å². The highest BCUT2D eigenvalue weighted by atomic mass is 35.5. The van der Waals surface area contributed by atoms with Gasteiger partial charge in [-0.2, -0.15) is 0 Å². The summed E-state index contributed by atoms with van der Waals surface area (Å²) in [5, 5.41) is 11.6. The summed E-state index contributed by atoms with van der Waals surface area (Å²) in [4.78, 5) is 17.4. The first kappa shape index (κ1) is 20.0. The SMILES string of the molecule is CCOC(=O)C1=C(O)/C(=C\c2cccc(OC)c2)SC1=Nc1ccc(Cl)cc1. The zero-order chi connectivity index (χ0) is 20.1. The number of aliphatic imine (C=N–C) groups is 1. The van der Waals surface area contributed by atoms with Gasteiger partial charge in [-0.25, -0.2) is 9.79 Å². The summed E-state index contributed by atoms with van der Waals surface area (Å²) >= 11 is 7.11. The van der Waals surface area contributed by atoms with Gasteiger partial charge >= 0.3 is 5.97 Å². The van der Waals surface area contributed by atoms with E-state index in [2.05, 4.69) is 4.99 Å². The fraction of sp³-hybridized carbons (Fsp3) is 0.143. The Labute approximate surface area is 172 Å². The van der Waals surface area contributed by atoms with E-state index in [9.17, 15) is 9.90 Å². The Kier molecular flexibility index (Phi) is 6.44. The van der Waals surface area contributed by atoms with Crippen molar-refractivity contribution in [1.82, 2.24) is 0 Å². The van der Waals surface area contributed by atoms with Crippen LogP contribution < -0.4 is 4.74 Å². The van der Waals surface area contributed by atoms with Gasteiger partial charge in [0.25, 0.3) is 0 Å². The largest absolute Gasteiger partial charge is 0.506 e. The third-order valence-electron chi connectivity index (χ3n) is 3.82. The molecule has 1 N–H and O–H groups in total. The molecule has 1 aliphatic rings. The second-order valence-electron chi connectivity index (χ2n) is 5.72. The van der Waals surface area contributed by atoms with Crippen molar-refractivity contribution >= 4 is 46.1 Å². The van der Waals surface area contributed by atoms with E-state index in [-0.39, 0.29) is 17.9 Å². The molecule has 0 aromatic heterocycles. The average Bonchev–Trinajstić information content (AvgIpc) is 2.99. The normalized spacial score (nSPS) is 16.7. The Morgan fingerprint density at radius 3 is 2.68 bits per heavy atom. The van der Waals surface area contributed by atoms with Crippen LogP contribution >= 0.6 is 23.4 Å². The lowest BCUT2D eigenvalue weighted by molar-refractivity contribution is -0.138. The number of methoxy groups -OCH3 is 1. The molecule has 5 nitrogen and oxygen atoms in total. The number of aliphatic hydroxyl groups excluding tert-OH is 1. The Hall–Kier alpha value is -2.70. The topological polar surface area (TPSA) is 68.1 Å². The lowest BCUT2D eigenvalue weighted by atomic mass is 10.1.